The Bertz CT molecular complexity index is 1410. The van der Waals surface area contributed by atoms with Crippen molar-refractivity contribution in [2.75, 3.05) is 0 Å². The van der Waals surface area contributed by atoms with Crippen LogP contribution in [0.4, 0.5) is 0 Å². The van der Waals surface area contributed by atoms with Crippen molar-refractivity contribution in [1.82, 2.24) is 24.5 Å². The summed E-state index contributed by atoms with van der Waals surface area (Å²) in [6, 6.07) is 20.3. The number of nitrogens with zero attached hydrogens (tertiary/aromatic N) is 6. The second kappa shape index (κ2) is 8.12. The van der Waals surface area contributed by atoms with Crippen molar-refractivity contribution in [3.05, 3.63) is 99.8 Å². The van der Waals surface area contributed by atoms with Crippen LogP contribution in [-0.4, -0.2) is 29.6 Å². The molecule has 0 saturated heterocycles. The number of rotatable bonds is 6. The van der Waals surface area contributed by atoms with Crippen molar-refractivity contribution in [3.8, 4) is 22.8 Å². The molecule has 5 aromatic rings. The highest BCUT2D eigenvalue weighted by atomic mass is 35.5. The van der Waals surface area contributed by atoms with Gasteiger partial charge in [0.25, 0.3) is 5.09 Å². The summed E-state index contributed by atoms with van der Waals surface area (Å²) in [4.78, 5) is 20.4. The summed E-state index contributed by atoms with van der Waals surface area (Å²) in [6.45, 7) is 0.405. The summed E-state index contributed by atoms with van der Waals surface area (Å²) in [5.74, 6) is 0.769. The van der Waals surface area contributed by atoms with Crippen molar-refractivity contribution in [2.45, 2.75) is 6.54 Å². The second-order valence-corrected chi connectivity index (χ2v) is 7.44. The first-order chi connectivity index (χ1) is 15.6. The average molecular weight is 447 g/mol. The Hall–Kier alpha value is -4.24. The Balaban J connectivity index is 1.60. The lowest BCUT2D eigenvalue weighted by atomic mass is 10.1. The molecular weight excluding hydrogens is 432 g/mol. The summed E-state index contributed by atoms with van der Waals surface area (Å²) in [5, 5.41) is 19.2. The second-order valence-electron chi connectivity index (χ2n) is 7.00. The molecule has 5 rings (SSSR count). The third kappa shape index (κ3) is 3.77. The van der Waals surface area contributed by atoms with Gasteiger partial charge in [0, 0.05) is 29.5 Å². The fraction of sp³-hybridized carbons (Fsp3) is 0.0455. The third-order valence-corrected chi connectivity index (χ3v) is 5.17. The van der Waals surface area contributed by atoms with E-state index in [4.69, 9.17) is 16.4 Å². The van der Waals surface area contributed by atoms with E-state index in [1.54, 1.807) is 29.1 Å². The van der Waals surface area contributed by atoms with Gasteiger partial charge in [-0.1, -0.05) is 35.0 Å². The quantitative estimate of drug-likeness (QED) is 0.280. The fourth-order valence-electron chi connectivity index (χ4n) is 3.54. The molecule has 2 aromatic heterocycles. The minimum Gasteiger partial charge on any atom is -0.327 e. The topological polar surface area (TPSA) is 101 Å². The lowest BCUT2D eigenvalue weighted by Gasteiger charge is -2.11. The van der Waals surface area contributed by atoms with Gasteiger partial charge >= 0.3 is 0 Å². The van der Waals surface area contributed by atoms with E-state index in [1.807, 2.05) is 59.3 Å². The van der Waals surface area contributed by atoms with Crippen LogP contribution in [0.5, 0.6) is 5.75 Å². The van der Waals surface area contributed by atoms with Crippen LogP contribution in [0, 0.1) is 10.1 Å². The number of imidazole rings is 1. The summed E-state index contributed by atoms with van der Waals surface area (Å²) in [5.41, 5.74) is 3.35. The SMILES string of the molecule is O=[N+]([O-])Oc1cc(Cn2ccnc2-c2ccc(Cl)cc2)cc2c1nnn2-c1ccccc1. The zero-order valence-corrected chi connectivity index (χ0v) is 17.3. The highest BCUT2D eigenvalue weighted by Crippen LogP contribution is 2.29. The molecule has 0 unspecified atom stereocenters. The van der Waals surface area contributed by atoms with Crippen molar-refractivity contribution >= 4 is 22.6 Å². The van der Waals surface area contributed by atoms with Crippen LogP contribution in [0.2, 0.25) is 5.02 Å². The molecule has 32 heavy (non-hydrogen) atoms. The summed E-state index contributed by atoms with van der Waals surface area (Å²) in [6.07, 6.45) is 3.54. The summed E-state index contributed by atoms with van der Waals surface area (Å²) < 4.78 is 3.57. The van der Waals surface area contributed by atoms with Gasteiger partial charge in [-0.2, -0.15) is 0 Å². The van der Waals surface area contributed by atoms with Gasteiger partial charge in [-0.05, 0) is 54.1 Å². The molecule has 0 aliphatic rings. The zero-order chi connectivity index (χ0) is 22.1. The van der Waals surface area contributed by atoms with Crippen LogP contribution >= 0.6 is 11.6 Å². The molecule has 0 aliphatic carbocycles. The minimum atomic E-state index is -0.851. The highest BCUT2D eigenvalue weighted by Gasteiger charge is 2.16. The average Bonchev–Trinajstić information content (AvgIpc) is 3.42. The molecule has 0 bridgehead atoms. The maximum absolute atomic E-state index is 11.1. The van der Waals surface area contributed by atoms with E-state index in [0.717, 1.165) is 22.6 Å². The number of halogens is 1. The van der Waals surface area contributed by atoms with E-state index in [0.29, 0.717) is 22.6 Å². The lowest BCUT2D eigenvalue weighted by molar-refractivity contribution is -0.710. The predicted molar refractivity (Wildman–Crippen MR) is 118 cm³/mol. The van der Waals surface area contributed by atoms with E-state index in [9.17, 15) is 10.1 Å². The Morgan fingerprint density at radius 3 is 2.59 bits per heavy atom. The number of hydrogen-bond donors (Lipinski definition) is 0. The zero-order valence-electron chi connectivity index (χ0n) is 16.5. The first-order valence-corrected chi connectivity index (χ1v) is 9.99. The van der Waals surface area contributed by atoms with Gasteiger partial charge < -0.3 is 4.57 Å². The van der Waals surface area contributed by atoms with Gasteiger partial charge in [-0.3, -0.25) is 4.84 Å². The van der Waals surface area contributed by atoms with Crippen LogP contribution in [-0.2, 0) is 6.54 Å². The standard InChI is InChI=1S/C22H15ClN6O3/c23-17-8-6-16(7-9-17)22-24-10-11-27(22)14-15-12-19-21(20(13-15)32-29(30)31)25-26-28(19)18-4-2-1-3-5-18/h1-13H,14H2. The Labute approximate surface area is 186 Å². The smallest absolute Gasteiger partial charge is 0.299 e. The molecule has 0 radical (unpaired) electrons. The van der Waals surface area contributed by atoms with E-state index >= 15 is 0 Å². The van der Waals surface area contributed by atoms with Gasteiger partial charge in [0.2, 0.25) is 0 Å². The predicted octanol–water partition coefficient (Wildman–Crippen LogP) is 4.56. The molecule has 0 amide bonds. The van der Waals surface area contributed by atoms with Crippen LogP contribution in [0.3, 0.4) is 0 Å². The maximum atomic E-state index is 11.1. The van der Waals surface area contributed by atoms with Crippen molar-refractivity contribution in [2.24, 2.45) is 0 Å². The molecule has 0 spiro atoms. The third-order valence-electron chi connectivity index (χ3n) is 4.92. The van der Waals surface area contributed by atoms with Gasteiger partial charge in [0.1, 0.15) is 11.3 Å². The number of hydrogen-bond acceptors (Lipinski definition) is 6. The van der Waals surface area contributed by atoms with Gasteiger partial charge in [0.05, 0.1) is 11.2 Å². The summed E-state index contributed by atoms with van der Waals surface area (Å²) in [7, 11) is 0. The monoisotopic (exact) mass is 446 g/mol. The number of fused-ring (bicyclic) bond motifs is 1. The van der Waals surface area contributed by atoms with Crippen LogP contribution in [0.25, 0.3) is 28.1 Å². The van der Waals surface area contributed by atoms with E-state index < -0.39 is 5.09 Å². The largest absolute Gasteiger partial charge is 0.327 e. The molecule has 158 valence electrons. The highest BCUT2D eigenvalue weighted by molar-refractivity contribution is 6.30. The lowest BCUT2D eigenvalue weighted by Crippen LogP contribution is -2.06. The number of para-hydroxylation sites is 1. The molecular formula is C22H15ClN6O3. The molecule has 3 aromatic carbocycles. The number of benzene rings is 3. The molecule has 0 fully saturated rings. The first-order valence-electron chi connectivity index (χ1n) is 9.62. The molecule has 0 N–H and O–H groups in total. The van der Waals surface area contributed by atoms with E-state index in [-0.39, 0.29) is 5.75 Å². The van der Waals surface area contributed by atoms with Crippen molar-refractivity contribution in [1.29, 1.82) is 0 Å². The van der Waals surface area contributed by atoms with Crippen molar-refractivity contribution < 1.29 is 9.92 Å². The van der Waals surface area contributed by atoms with E-state index in [1.165, 1.54) is 0 Å². The van der Waals surface area contributed by atoms with Gasteiger partial charge in [-0.25, -0.2) is 9.67 Å². The van der Waals surface area contributed by atoms with Gasteiger partial charge in [0.15, 0.2) is 5.75 Å². The van der Waals surface area contributed by atoms with Crippen molar-refractivity contribution in [3.63, 3.8) is 0 Å². The molecule has 0 saturated carbocycles. The first kappa shape index (κ1) is 19.7. The normalized spacial score (nSPS) is 11.0. The Kier molecular flexibility index (Phi) is 5.00. The van der Waals surface area contributed by atoms with Crippen LogP contribution in [0.15, 0.2) is 79.1 Å². The van der Waals surface area contributed by atoms with Crippen LogP contribution in [0.1, 0.15) is 5.56 Å². The van der Waals surface area contributed by atoms with Crippen LogP contribution < -0.4 is 4.84 Å². The summed E-state index contributed by atoms with van der Waals surface area (Å²) >= 11 is 6.00. The van der Waals surface area contributed by atoms with E-state index in [2.05, 4.69) is 15.3 Å². The Morgan fingerprint density at radius 1 is 1.06 bits per heavy atom. The number of aromatic nitrogens is 5. The molecule has 0 aliphatic heterocycles. The minimum absolute atomic E-state index is 0.0258. The molecule has 9 nitrogen and oxygen atoms in total. The fourth-order valence-corrected chi connectivity index (χ4v) is 3.67. The Morgan fingerprint density at radius 2 is 1.84 bits per heavy atom. The molecule has 0 atom stereocenters. The molecule has 2 heterocycles. The van der Waals surface area contributed by atoms with Gasteiger partial charge in [-0.15, -0.1) is 15.2 Å². The molecule has 10 heteroatoms. The maximum Gasteiger partial charge on any atom is 0.299 e.